The molecule has 6 heteroatoms. The van der Waals surface area contributed by atoms with E-state index in [1.54, 1.807) is 13.0 Å². The summed E-state index contributed by atoms with van der Waals surface area (Å²) < 4.78 is 13.6. The molecule has 5 nitrogen and oxygen atoms in total. The van der Waals surface area contributed by atoms with E-state index in [1.807, 2.05) is 38.1 Å². The van der Waals surface area contributed by atoms with E-state index < -0.39 is 5.82 Å². The summed E-state index contributed by atoms with van der Waals surface area (Å²) in [5.41, 5.74) is 3.99. The van der Waals surface area contributed by atoms with Crippen LogP contribution in [0.25, 0.3) is 10.9 Å². The number of pyridine rings is 1. The van der Waals surface area contributed by atoms with E-state index in [0.29, 0.717) is 29.6 Å². The first kappa shape index (κ1) is 19.1. The summed E-state index contributed by atoms with van der Waals surface area (Å²) in [4.78, 5) is 28.1. The molecule has 1 aliphatic heterocycles. The zero-order valence-corrected chi connectivity index (χ0v) is 16.6. The number of nitrogens with zero attached hydrogens (tertiary/aromatic N) is 2. The molecule has 2 heterocycles. The fourth-order valence-electron chi connectivity index (χ4n) is 3.89. The summed E-state index contributed by atoms with van der Waals surface area (Å²) in [5.74, 6) is -0.500. The van der Waals surface area contributed by atoms with Gasteiger partial charge in [-0.3, -0.25) is 9.59 Å². The first-order chi connectivity index (χ1) is 13.9. The molecule has 1 atom stereocenters. The van der Waals surface area contributed by atoms with Crippen LogP contribution in [-0.2, 0) is 4.79 Å². The standard InChI is InChI=1S/C23H22FN3O2/c1-4-21(28)27-20(15-7-5-13(2)6-8-15)12-19(26-27)22-14(3)17-10-9-16(24)11-18(17)25-23(22)29/h5-11,20H,4,12H2,1-3H3,(H,25,29). The quantitative estimate of drug-likeness (QED) is 0.720. The smallest absolute Gasteiger partial charge is 0.257 e. The average Bonchev–Trinajstić information content (AvgIpc) is 3.12. The number of carbonyl (C=O) groups is 1. The Kier molecular flexibility index (Phi) is 4.78. The third kappa shape index (κ3) is 3.35. The minimum Gasteiger partial charge on any atom is -0.321 e. The topological polar surface area (TPSA) is 65.5 Å². The number of hydrogen-bond acceptors (Lipinski definition) is 3. The number of hydrazone groups is 1. The van der Waals surface area contributed by atoms with Gasteiger partial charge in [-0.05, 0) is 43.2 Å². The van der Waals surface area contributed by atoms with E-state index in [0.717, 1.165) is 22.1 Å². The molecule has 0 spiro atoms. The average molecular weight is 391 g/mol. The number of halogens is 1. The molecule has 0 bridgehead atoms. The molecule has 1 unspecified atom stereocenters. The van der Waals surface area contributed by atoms with Gasteiger partial charge in [0.1, 0.15) is 5.82 Å². The van der Waals surface area contributed by atoms with Gasteiger partial charge in [0.25, 0.3) is 5.56 Å². The predicted octanol–water partition coefficient (Wildman–Crippen LogP) is 4.37. The number of fused-ring (bicyclic) bond motifs is 1. The largest absolute Gasteiger partial charge is 0.321 e. The zero-order valence-electron chi connectivity index (χ0n) is 16.6. The molecule has 2 aromatic carbocycles. The van der Waals surface area contributed by atoms with Crippen LogP contribution in [0.15, 0.2) is 52.4 Å². The third-order valence-corrected chi connectivity index (χ3v) is 5.45. The van der Waals surface area contributed by atoms with Crippen LogP contribution in [0.4, 0.5) is 4.39 Å². The number of hydrogen-bond donors (Lipinski definition) is 1. The first-order valence-corrected chi connectivity index (χ1v) is 9.67. The summed E-state index contributed by atoms with van der Waals surface area (Å²) in [6, 6.07) is 12.1. The van der Waals surface area contributed by atoms with E-state index in [9.17, 15) is 14.0 Å². The number of aromatic nitrogens is 1. The van der Waals surface area contributed by atoms with Crippen molar-refractivity contribution < 1.29 is 9.18 Å². The lowest BCUT2D eigenvalue weighted by atomic mass is 9.95. The molecule has 148 valence electrons. The lowest BCUT2D eigenvalue weighted by Gasteiger charge is -2.21. The molecular formula is C23H22FN3O2. The van der Waals surface area contributed by atoms with Crippen molar-refractivity contribution in [3.05, 3.63) is 80.9 Å². The molecule has 1 aliphatic rings. The number of benzene rings is 2. The Morgan fingerprint density at radius 3 is 2.62 bits per heavy atom. The third-order valence-electron chi connectivity index (χ3n) is 5.45. The highest BCUT2D eigenvalue weighted by Gasteiger charge is 2.34. The summed E-state index contributed by atoms with van der Waals surface area (Å²) in [7, 11) is 0. The van der Waals surface area contributed by atoms with Crippen LogP contribution >= 0.6 is 0 Å². The summed E-state index contributed by atoms with van der Waals surface area (Å²) >= 11 is 0. The predicted molar refractivity (Wildman–Crippen MR) is 111 cm³/mol. The number of aryl methyl sites for hydroxylation is 2. The minimum atomic E-state index is -0.405. The lowest BCUT2D eigenvalue weighted by molar-refractivity contribution is -0.132. The van der Waals surface area contributed by atoms with Crippen molar-refractivity contribution in [1.82, 2.24) is 9.99 Å². The molecule has 1 aromatic heterocycles. The molecule has 0 saturated heterocycles. The van der Waals surface area contributed by atoms with Crippen LogP contribution in [0.2, 0.25) is 0 Å². The molecule has 0 radical (unpaired) electrons. The minimum absolute atomic E-state index is 0.0949. The molecule has 1 amide bonds. The van der Waals surface area contributed by atoms with Gasteiger partial charge in [0.15, 0.2) is 0 Å². The Bertz CT molecular complexity index is 1200. The maximum absolute atomic E-state index is 13.6. The molecule has 29 heavy (non-hydrogen) atoms. The van der Waals surface area contributed by atoms with E-state index in [-0.39, 0.29) is 17.5 Å². The Hall–Kier alpha value is -3.28. The van der Waals surface area contributed by atoms with E-state index in [4.69, 9.17) is 0 Å². The van der Waals surface area contributed by atoms with Crippen LogP contribution < -0.4 is 5.56 Å². The van der Waals surface area contributed by atoms with Crippen molar-refractivity contribution in [2.45, 2.75) is 39.7 Å². The molecule has 3 aromatic rings. The Labute approximate surface area is 167 Å². The number of amides is 1. The van der Waals surface area contributed by atoms with Gasteiger partial charge in [0, 0.05) is 18.2 Å². The van der Waals surface area contributed by atoms with Gasteiger partial charge >= 0.3 is 0 Å². The van der Waals surface area contributed by atoms with Gasteiger partial charge in [-0.2, -0.15) is 5.10 Å². The second kappa shape index (κ2) is 7.28. The summed E-state index contributed by atoms with van der Waals surface area (Å²) in [6.07, 6.45) is 0.775. The maximum atomic E-state index is 13.6. The van der Waals surface area contributed by atoms with Crippen molar-refractivity contribution in [2.24, 2.45) is 5.10 Å². The first-order valence-electron chi connectivity index (χ1n) is 9.67. The molecular weight excluding hydrogens is 369 g/mol. The Morgan fingerprint density at radius 1 is 1.21 bits per heavy atom. The van der Waals surface area contributed by atoms with Crippen molar-refractivity contribution >= 4 is 22.5 Å². The van der Waals surface area contributed by atoms with E-state index in [2.05, 4.69) is 10.1 Å². The molecule has 0 aliphatic carbocycles. The highest BCUT2D eigenvalue weighted by molar-refractivity contribution is 6.06. The number of H-pyrrole nitrogens is 1. The van der Waals surface area contributed by atoms with Gasteiger partial charge < -0.3 is 4.98 Å². The number of nitrogens with one attached hydrogen (secondary N) is 1. The van der Waals surface area contributed by atoms with Gasteiger partial charge in [-0.1, -0.05) is 36.8 Å². The Morgan fingerprint density at radius 2 is 1.93 bits per heavy atom. The van der Waals surface area contributed by atoms with Crippen LogP contribution in [0, 0.1) is 19.7 Å². The fraction of sp³-hybridized carbons (Fsp3) is 0.261. The zero-order chi connectivity index (χ0) is 20.7. The SMILES string of the molecule is CCC(=O)N1N=C(c2c(C)c3ccc(F)cc3[nH]c2=O)CC1c1ccc(C)cc1. The van der Waals surface area contributed by atoms with Crippen LogP contribution in [-0.4, -0.2) is 21.6 Å². The number of aromatic amines is 1. The second-order valence-corrected chi connectivity index (χ2v) is 7.41. The normalized spacial score (nSPS) is 16.3. The molecule has 0 saturated carbocycles. The number of carbonyl (C=O) groups excluding carboxylic acids is 1. The summed E-state index contributed by atoms with van der Waals surface area (Å²) in [6.45, 7) is 5.64. The number of rotatable bonds is 3. The van der Waals surface area contributed by atoms with E-state index in [1.165, 1.54) is 17.1 Å². The monoisotopic (exact) mass is 391 g/mol. The van der Waals surface area contributed by atoms with Crippen molar-refractivity contribution in [3.8, 4) is 0 Å². The van der Waals surface area contributed by atoms with Crippen molar-refractivity contribution in [3.63, 3.8) is 0 Å². The Balaban J connectivity index is 1.82. The van der Waals surface area contributed by atoms with Crippen LogP contribution in [0.1, 0.15) is 48.1 Å². The molecule has 1 N–H and O–H groups in total. The van der Waals surface area contributed by atoms with Crippen LogP contribution in [0.5, 0.6) is 0 Å². The molecule has 4 rings (SSSR count). The van der Waals surface area contributed by atoms with Gasteiger partial charge in [0.2, 0.25) is 5.91 Å². The van der Waals surface area contributed by atoms with Gasteiger partial charge in [0.05, 0.1) is 22.8 Å². The van der Waals surface area contributed by atoms with Crippen LogP contribution in [0.3, 0.4) is 0 Å². The fourth-order valence-corrected chi connectivity index (χ4v) is 3.89. The molecule has 0 fully saturated rings. The van der Waals surface area contributed by atoms with Crippen molar-refractivity contribution in [1.29, 1.82) is 0 Å². The van der Waals surface area contributed by atoms with Gasteiger partial charge in [-0.25, -0.2) is 9.40 Å². The highest BCUT2D eigenvalue weighted by Crippen LogP contribution is 2.34. The van der Waals surface area contributed by atoms with Gasteiger partial charge in [-0.15, -0.1) is 0 Å². The lowest BCUT2D eigenvalue weighted by Crippen LogP contribution is -2.26. The summed E-state index contributed by atoms with van der Waals surface area (Å²) in [5, 5.41) is 6.82. The second-order valence-electron chi connectivity index (χ2n) is 7.41. The maximum Gasteiger partial charge on any atom is 0.257 e. The van der Waals surface area contributed by atoms with Crippen molar-refractivity contribution in [2.75, 3.05) is 0 Å². The van der Waals surface area contributed by atoms with E-state index >= 15 is 0 Å². The highest BCUT2D eigenvalue weighted by atomic mass is 19.1.